The smallest absolute Gasteiger partial charge is 0.303 e. The SMILES string of the molecule is Cc1ccoc1-c1nnc(CC2(CC(=O)O)CCCC2)o1. The zero-order valence-electron chi connectivity index (χ0n) is 12.0. The Kier molecular flexibility index (Phi) is 3.53. The molecule has 112 valence electrons. The lowest BCUT2D eigenvalue weighted by Crippen LogP contribution is -2.23. The first-order chi connectivity index (χ1) is 10.1. The lowest BCUT2D eigenvalue weighted by atomic mass is 9.79. The zero-order valence-corrected chi connectivity index (χ0v) is 12.0. The second-order valence-corrected chi connectivity index (χ2v) is 5.89. The Balaban J connectivity index is 1.80. The van der Waals surface area contributed by atoms with Crippen LogP contribution in [0.25, 0.3) is 11.7 Å². The molecule has 0 aliphatic heterocycles. The molecule has 0 saturated heterocycles. The number of aryl methyl sites for hydroxylation is 1. The first kappa shape index (κ1) is 13.9. The van der Waals surface area contributed by atoms with Gasteiger partial charge in [-0.2, -0.15) is 0 Å². The van der Waals surface area contributed by atoms with Gasteiger partial charge in [-0.15, -0.1) is 10.2 Å². The van der Waals surface area contributed by atoms with Gasteiger partial charge in [0.25, 0.3) is 5.89 Å². The third-order valence-electron chi connectivity index (χ3n) is 4.24. The van der Waals surface area contributed by atoms with Crippen LogP contribution in [0.15, 0.2) is 21.2 Å². The summed E-state index contributed by atoms with van der Waals surface area (Å²) < 4.78 is 11.0. The van der Waals surface area contributed by atoms with Crippen LogP contribution < -0.4 is 0 Å². The highest BCUT2D eigenvalue weighted by Gasteiger charge is 2.38. The van der Waals surface area contributed by atoms with E-state index in [-0.39, 0.29) is 11.8 Å². The third kappa shape index (κ3) is 2.84. The second kappa shape index (κ2) is 5.35. The summed E-state index contributed by atoms with van der Waals surface area (Å²) in [4.78, 5) is 11.1. The van der Waals surface area contributed by atoms with Crippen molar-refractivity contribution in [2.45, 2.75) is 45.4 Å². The van der Waals surface area contributed by atoms with Gasteiger partial charge in [-0.05, 0) is 31.2 Å². The highest BCUT2D eigenvalue weighted by molar-refractivity contribution is 5.67. The fraction of sp³-hybridized carbons (Fsp3) is 0.533. The van der Waals surface area contributed by atoms with Gasteiger partial charge in [0.1, 0.15) is 0 Å². The van der Waals surface area contributed by atoms with Crippen molar-refractivity contribution < 1.29 is 18.7 Å². The molecule has 1 saturated carbocycles. The van der Waals surface area contributed by atoms with Crippen molar-refractivity contribution in [1.29, 1.82) is 0 Å². The molecule has 21 heavy (non-hydrogen) atoms. The number of hydrogen-bond donors (Lipinski definition) is 1. The predicted molar refractivity (Wildman–Crippen MR) is 73.6 cm³/mol. The van der Waals surface area contributed by atoms with Gasteiger partial charge in [0.2, 0.25) is 5.89 Å². The Morgan fingerprint density at radius 1 is 1.38 bits per heavy atom. The van der Waals surface area contributed by atoms with Crippen LogP contribution in [0.5, 0.6) is 0 Å². The average molecular weight is 290 g/mol. The molecule has 0 aromatic carbocycles. The molecule has 1 fully saturated rings. The molecular weight excluding hydrogens is 272 g/mol. The van der Waals surface area contributed by atoms with Gasteiger partial charge < -0.3 is 13.9 Å². The van der Waals surface area contributed by atoms with E-state index in [9.17, 15) is 4.79 Å². The second-order valence-electron chi connectivity index (χ2n) is 5.89. The van der Waals surface area contributed by atoms with Crippen molar-refractivity contribution >= 4 is 5.97 Å². The standard InChI is InChI=1S/C15H18N2O4/c1-10-4-7-20-13(10)14-17-16-11(21-14)8-15(9-12(18)19)5-2-3-6-15/h4,7H,2-3,5-6,8-9H2,1H3,(H,18,19). The van der Waals surface area contributed by atoms with Gasteiger partial charge >= 0.3 is 5.97 Å². The first-order valence-electron chi connectivity index (χ1n) is 7.17. The Labute approximate surface area is 122 Å². The number of carboxylic acids is 1. The monoisotopic (exact) mass is 290 g/mol. The van der Waals surface area contributed by atoms with Crippen molar-refractivity contribution in [3.63, 3.8) is 0 Å². The van der Waals surface area contributed by atoms with Gasteiger partial charge in [-0.3, -0.25) is 4.79 Å². The van der Waals surface area contributed by atoms with Crippen LogP contribution in [0, 0.1) is 12.3 Å². The van der Waals surface area contributed by atoms with E-state index in [4.69, 9.17) is 13.9 Å². The maximum atomic E-state index is 11.1. The number of carbonyl (C=O) groups is 1. The number of aliphatic carboxylic acids is 1. The lowest BCUT2D eigenvalue weighted by Gasteiger charge is -2.24. The van der Waals surface area contributed by atoms with Crippen molar-refractivity contribution in [3.8, 4) is 11.7 Å². The highest BCUT2D eigenvalue weighted by Crippen LogP contribution is 2.43. The largest absolute Gasteiger partial charge is 0.481 e. The number of nitrogens with zero attached hydrogens (tertiary/aromatic N) is 2. The highest BCUT2D eigenvalue weighted by atomic mass is 16.4. The molecule has 0 bridgehead atoms. The normalized spacial score (nSPS) is 17.2. The van der Waals surface area contributed by atoms with Crippen LogP contribution in [-0.2, 0) is 11.2 Å². The Bertz CT molecular complexity index is 638. The van der Waals surface area contributed by atoms with Crippen LogP contribution in [0.1, 0.15) is 43.6 Å². The Morgan fingerprint density at radius 3 is 2.76 bits per heavy atom. The summed E-state index contributed by atoms with van der Waals surface area (Å²) in [6, 6.07) is 1.84. The summed E-state index contributed by atoms with van der Waals surface area (Å²) in [7, 11) is 0. The summed E-state index contributed by atoms with van der Waals surface area (Å²) in [5.74, 6) is 0.658. The number of rotatable bonds is 5. The Morgan fingerprint density at radius 2 is 2.14 bits per heavy atom. The maximum absolute atomic E-state index is 11.1. The molecule has 0 atom stereocenters. The van der Waals surface area contributed by atoms with Crippen molar-refractivity contribution in [2.24, 2.45) is 5.41 Å². The maximum Gasteiger partial charge on any atom is 0.303 e. The van der Waals surface area contributed by atoms with Crippen molar-refractivity contribution in [2.75, 3.05) is 0 Å². The quantitative estimate of drug-likeness (QED) is 0.909. The average Bonchev–Trinajstić information content (AvgIpc) is 3.11. The molecule has 0 radical (unpaired) electrons. The van der Waals surface area contributed by atoms with E-state index in [1.807, 2.05) is 13.0 Å². The molecule has 1 aliphatic carbocycles. The van der Waals surface area contributed by atoms with E-state index in [1.54, 1.807) is 6.26 Å². The van der Waals surface area contributed by atoms with Gasteiger partial charge in [-0.1, -0.05) is 12.8 Å². The first-order valence-corrected chi connectivity index (χ1v) is 7.17. The predicted octanol–water partition coefficient (Wildman–Crippen LogP) is 3.22. The topological polar surface area (TPSA) is 89.4 Å². The van der Waals surface area contributed by atoms with E-state index in [0.717, 1.165) is 31.2 Å². The van der Waals surface area contributed by atoms with Crippen LogP contribution in [0.3, 0.4) is 0 Å². The number of carboxylic acid groups (broad SMARTS) is 1. The van der Waals surface area contributed by atoms with Crippen LogP contribution >= 0.6 is 0 Å². The molecule has 6 heteroatoms. The van der Waals surface area contributed by atoms with E-state index in [2.05, 4.69) is 10.2 Å². The molecule has 0 spiro atoms. The fourth-order valence-corrected chi connectivity index (χ4v) is 3.19. The molecule has 3 rings (SSSR count). The summed E-state index contributed by atoms with van der Waals surface area (Å²) in [5.41, 5.74) is 0.694. The van der Waals surface area contributed by atoms with Gasteiger partial charge in [0.05, 0.1) is 12.7 Å². The molecule has 2 aromatic heterocycles. The zero-order chi connectivity index (χ0) is 14.9. The summed E-state index contributed by atoms with van der Waals surface area (Å²) in [6.45, 7) is 1.91. The van der Waals surface area contributed by atoms with Crippen LogP contribution in [0.4, 0.5) is 0 Å². The van der Waals surface area contributed by atoms with Gasteiger partial charge in [-0.25, -0.2) is 0 Å². The number of aromatic nitrogens is 2. The van der Waals surface area contributed by atoms with Crippen LogP contribution in [0.2, 0.25) is 0 Å². The number of furan rings is 1. The van der Waals surface area contributed by atoms with E-state index >= 15 is 0 Å². The van der Waals surface area contributed by atoms with Crippen molar-refractivity contribution in [3.05, 3.63) is 23.8 Å². The molecule has 0 unspecified atom stereocenters. The minimum atomic E-state index is -0.765. The fourth-order valence-electron chi connectivity index (χ4n) is 3.19. The van der Waals surface area contributed by atoms with Gasteiger partial charge in [0, 0.05) is 12.0 Å². The molecule has 1 N–H and O–H groups in total. The molecule has 2 aromatic rings. The molecule has 6 nitrogen and oxygen atoms in total. The summed E-state index contributed by atoms with van der Waals surface area (Å²) in [5, 5.41) is 17.2. The van der Waals surface area contributed by atoms with E-state index in [1.165, 1.54) is 0 Å². The number of hydrogen-bond acceptors (Lipinski definition) is 5. The van der Waals surface area contributed by atoms with E-state index in [0.29, 0.717) is 24.0 Å². The molecule has 1 aliphatic rings. The summed E-state index contributed by atoms with van der Waals surface area (Å²) >= 11 is 0. The molecule has 0 amide bonds. The third-order valence-corrected chi connectivity index (χ3v) is 4.24. The molecular formula is C15H18N2O4. The molecule has 2 heterocycles. The Hall–Kier alpha value is -2.11. The lowest BCUT2D eigenvalue weighted by molar-refractivity contribution is -0.139. The minimum absolute atomic E-state index is 0.157. The minimum Gasteiger partial charge on any atom is -0.481 e. The van der Waals surface area contributed by atoms with Gasteiger partial charge in [0.15, 0.2) is 5.76 Å². The summed E-state index contributed by atoms with van der Waals surface area (Å²) in [6.07, 6.45) is 6.18. The van der Waals surface area contributed by atoms with Crippen molar-refractivity contribution in [1.82, 2.24) is 10.2 Å². The van der Waals surface area contributed by atoms with E-state index < -0.39 is 5.97 Å². The van der Waals surface area contributed by atoms with Crippen LogP contribution in [-0.4, -0.2) is 21.3 Å².